The van der Waals surface area contributed by atoms with Crippen molar-refractivity contribution in [1.82, 2.24) is 19.7 Å². The second-order valence-corrected chi connectivity index (χ2v) is 16.4. The molecule has 0 saturated heterocycles. The number of aryl methyl sites for hydroxylation is 1. The molecule has 0 saturated carbocycles. The van der Waals surface area contributed by atoms with Gasteiger partial charge in [0, 0.05) is 68.6 Å². The highest BCUT2D eigenvalue weighted by Crippen LogP contribution is 2.38. The molecule has 0 atom stereocenters. The Morgan fingerprint density at radius 2 is 1.69 bits per heavy atom. The highest BCUT2D eigenvalue weighted by atomic mass is 28.4. The summed E-state index contributed by atoms with van der Waals surface area (Å²) in [6, 6.07) is 11.9. The molecule has 0 aliphatic carbocycles. The molecular weight excluding hydrogens is 550 g/mol. The minimum Gasteiger partial charge on any atom is -0.563 e. The molecule has 2 heterocycles. The Morgan fingerprint density at radius 3 is 2.38 bits per heavy atom. The second kappa shape index (κ2) is 13.6. The van der Waals surface area contributed by atoms with Crippen molar-refractivity contribution in [2.24, 2.45) is 7.05 Å². The average Bonchev–Trinajstić information content (AvgIpc) is 3.40. The van der Waals surface area contributed by atoms with Crippen LogP contribution in [0.1, 0.15) is 20.8 Å². The van der Waals surface area contributed by atoms with Gasteiger partial charge in [0.1, 0.15) is 11.5 Å². The van der Waals surface area contributed by atoms with Crippen molar-refractivity contribution in [2.75, 3.05) is 52.3 Å². The number of rotatable bonds is 14. The fraction of sp³-hybridized carbons (Fsp3) is 0.452. The predicted octanol–water partition coefficient (Wildman–Crippen LogP) is 6.20. The number of methoxy groups -OCH3 is 2. The SMILES string of the molecule is COCCOCOc1cc(OC)cc(N(CCO[Si-](C)(C)C(C)(C)C)c2ccc3ncc(-c4cnn(C)c4)nc3c2)c1. The molecule has 0 radical (unpaired) electrons. The van der Waals surface area contributed by atoms with E-state index in [1.165, 1.54) is 0 Å². The lowest BCUT2D eigenvalue weighted by atomic mass is 10.2. The highest BCUT2D eigenvalue weighted by Gasteiger charge is 2.25. The summed E-state index contributed by atoms with van der Waals surface area (Å²) in [6.07, 6.45) is 5.51. The summed E-state index contributed by atoms with van der Waals surface area (Å²) in [6.45, 7) is 13.5. The van der Waals surface area contributed by atoms with Gasteiger partial charge in [-0.25, -0.2) is 4.98 Å². The molecule has 0 N–H and O–H groups in total. The number of benzene rings is 2. The van der Waals surface area contributed by atoms with Crippen molar-refractivity contribution in [3.8, 4) is 22.8 Å². The summed E-state index contributed by atoms with van der Waals surface area (Å²) in [5, 5.41) is 4.39. The Kier molecular flexibility index (Phi) is 10.2. The Balaban J connectivity index is 1.69. The van der Waals surface area contributed by atoms with Gasteiger partial charge in [0.15, 0.2) is 6.79 Å². The summed E-state index contributed by atoms with van der Waals surface area (Å²) in [7, 11) is 3.22. The van der Waals surface area contributed by atoms with Crippen LogP contribution in [-0.4, -0.2) is 75.4 Å². The van der Waals surface area contributed by atoms with Crippen LogP contribution in [0.5, 0.6) is 11.5 Å². The van der Waals surface area contributed by atoms with Crippen molar-refractivity contribution in [1.29, 1.82) is 0 Å². The van der Waals surface area contributed by atoms with Gasteiger partial charge in [0.2, 0.25) is 0 Å². The summed E-state index contributed by atoms with van der Waals surface area (Å²) < 4.78 is 30.5. The molecule has 0 spiro atoms. The normalized spacial score (nSPS) is 12.1. The van der Waals surface area contributed by atoms with Crippen LogP contribution in [0, 0.1) is 0 Å². The Morgan fingerprint density at radius 1 is 0.905 bits per heavy atom. The van der Waals surface area contributed by atoms with E-state index in [4.69, 9.17) is 28.4 Å². The molecule has 0 aliphatic rings. The van der Waals surface area contributed by atoms with E-state index < -0.39 is 8.32 Å². The third kappa shape index (κ3) is 7.85. The average molecular weight is 594 g/mol. The molecule has 2 aromatic heterocycles. The fourth-order valence-electron chi connectivity index (χ4n) is 4.10. The minimum atomic E-state index is -1.95. The lowest BCUT2D eigenvalue weighted by Gasteiger charge is -2.48. The lowest BCUT2D eigenvalue weighted by molar-refractivity contribution is -0.00851. The lowest BCUT2D eigenvalue weighted by Crippen LogP contribution is -2.42. The molecule has 0 aliphatic heterocycles. The highest BCUT2D eigenvalue weighted by molar-refractivity contribution is 6.74. The first-order chi connectivity index (χ1) is 20.0. The van der Waals surface area contributed by atoms with Gasteiger partial charge in [-0.2, -0.15) is 5.10 Å². The maximum absolute atomic E-state index is 6.59. The fourth-order valence-corrected chi connectivity index (χ4v) is 5.14. The summed E-state index contributed by atoms with van der Waals surface area (Å²) >= 11 is 0. The van der Waals surface area contributed by atoms with E-state index in [1.54, 1.807) is 31.3 Å². The van der Waals surface area contributed by atoms with Crippen LogP contribution in [0.3, 0.4) is 0 Å². The zero-order chi connectivity index (χ0) is 30.3. The molecule has 0 fully saturated rings. The first kappa shape index (κ1) is 31.4. The van der Waals surface area contributed by atoms with Crippen LogP contribution < -0.4 is 14.4 Å². The topological polar surface area (TPSA) is 93.0 Å². The van der Waals surface area contributed by atoms with Crippen molar-refractivity contribution in [2.45, 2.75) is 38.9 Å². The molecule has 42 heavy (non-hydrogen) atoms. The van der Waals surface area contributed by atoms with Gasteiger partial charge in [-0.15, -0.1) is 18.1 Å². The Bertz CT molecular complexity index is 1470. The quantitative estimate of drug-likeness (QED) is 0.0963. The summed E-state index contributed by atoms with van der Waals surface area (Å²) in [4.78, 5) is 11.8. The van der Waals surface area contributed by atoms with E-state index in [1.807, 2.05) is 37.5 Å². The summed E-state index contributed by atoms with van der Waals surface area (Å²) in [5.74, 6) is 1.31. The number of nitrogens with zero attached hydrogens (tertiary/aromatic N) is 5. The number of anilines is 2. The third-order valence-electron chi connectivity index (χ3n) is 7.58. The number of aromatic nitrogens is 4. The Hall–Kier alpha value is -3.51. The number of hydrogen-bond donors (Lipinski definition) is 0. The van der Waals surface area contributed by atoms with Gasteiger partial charge in [0.05, 0.1) is 49.4 Å². The molecule has 4 rings (SSSR count). The first-order valence-electron chi connectivity index (χ1n) is 14.1. The van der Waals surface area contributed by atoms with E-state index in [0.717, 1.165) is 33.7 Å². The van der Waals surface area contributed by atoms with Gasteiger partial charge < -0.3 is 28.3 Å². The van der Waals surface area contributed by atoms with Crippen LogP contribution in [-0.2, 0) is 20.9 Å². The minimum absolute atomic E-state index is 0.104. The van der Waals surface area contributed by atoms with Crippen LogP contribution >= 0.6 is 0 Å². The zero-order valence-electron chi connectivity index (χ0n) is 26.0. The van der Waals surface area contributed by atoms with Crippen LogP contribution in [0.25, 0.3) is 22.3 Å². The smallest absolute Gasteiger partial charge is 0.189 e. The molecular formula is C31H43N5O5Si-. The third-order valence-corrected chi connectivity index (χ3v) is 12.1. The van der Waals surface area contributed by atoms with Crippen molar-refractivity contribution >= 4 is 30.7 Å². The molecule has 227 valence electrons. The second-order valence-electron chi connectivity index (χ2n) is 11.6. The van der Waals surface area contributed by atoms with E-state index >= 15 is 0 Å². The van der Waals surface area contributed by atoms with Gasteiger partial charge >= 0.3 is 0 Å². The van der Waals surface area contributed by atoms with Crippen LogP contribution in [0.2, 0.25) is 18.1 Å². The van der Waals surface area contributed by atoms with Crippen molar-refractivity contribution in [3.63, 3.8) is 0 Å². The van der Waals surface area contributed by atoms with E-state index in [9.17, 15) is 0 Å². The Labute approximate surface area is 249 Å². The molecule has 0 unspecified atom stereocenters. The van der Waals surface area contributed by atoms with Gasteiger partial charge in [0.25, 0.3) is 0 Å². The first-order valence-corrected chi connectivity index (χ1v) is 17.0. The molecule has 2 aromatic carbocycles. The molecule has 10 nitrogen and oxygen atoms in total. The standard InChI is InChI=1S/C31H43N5O5Si/c1-31(2,3)42(7,8)41-12-11-36(25-15-26(38-6)18-27(16-25)40-22-39-14-13-37-5)24-9-10-28-29(17-24)34-30(20-32-28)23-19-33-35(4)21-23/h9-10,15-21H,11-14,22H2,1-8H3/q-1. The zero-order valence-corrected chi connectivity index (χ0v) is 27.0. The van der Waals surface area contributed by atoms with Crippen LogP contribution in [0.4, 0.5) is 11.4 Å². The largest absolute Gasteiger partial charge is 0.563 e. The maximum Gasteiger partial charge on any atom is 0.189 e. The molecule has 4 aromatic rings. The van der Waals surface area contributed by atoms with E-state index in [0.29, 0.717) is 37.9 Å². The molecule has 0 amide bonds. The van der Waals surface area contributed by atoms with Crippen molar-refractivity contribution < 1.29 is 23.4 Å². The molecule has 0 bridgehead atoms. The van der Waals surface area contributed by atoms with Gasteiger partial charge in [-0.3, -0.25) is 9.67 Å². The number of ether oxygens (including phenoxy) is 4. The van der Waals surface area contributed by atoms with Crippen LogP contribution in [0.15, 0.2) is 55.0 Å². The van der Waals surface area contributed by atoms with E-state index in [2.05, 4.69) is 61.0 Å². The van der Waals surface area contributed by atoms with Gasteiger partial charge in [-0.1, -0.05) is 20.8 Å². The van der Waals surface area contributed by atoms with E-state index in [-0.39, 0.29) is 11.8 Å². The maximum atomic E-state index is 6.59. The number of hydrogen-bond acceptors (Lipinski definition) is 9. The monoisotopic (exact) mass is 593 g/mol. The number of fused-ring (bicyclic) bond motifs is 1. The predicted molar refractivity (Wildman–Crippen MR) is 168 cm³/mol. The van der Waals surface area contributed by atoms with Gasteiger partial charge in [-0.05, 0) is 26.5 Å². The molecule has 11 heteroatoms. The summed E-state index contributed by atoms with van der Waals surface area (Å²) in [5.41, 5.74) is 5.14. The van der Waals surface area contributed by atoms with Crippen molar-refractivity contribution in [3.05, 3.63) is 55.0 Å².